The molecule has 0 aliphatic rings. The van der Waals surface area contributed by atoms with E-state index < -0.39 is 0 Å². The lowest BCUT2D eigenvalue weighted by Gasteiger charge is -2.13. The van der Waals surface area contributed by atoms with E-state index in [2.05, 4.69) is 30.1 Å². The van der Waals surface area contributed by atoms with E-state index in [-0.39, 0.29) is 5.82 Å². The van der Waals surface area contributed by atoms with Crippen LogP contribution >= 0.6 is 0 Å². The number of hydrogen-bond donors (Lipinski definition) is 0. The molecule has 0 bridgehead atoms. The number of aromatic nitrogens is 1. The van der Waals surface area contributed by atoms with Crippen LogP contribution in [0, 0.1) is 5.82 Å². The van der Waals surface area contributed by atoms with E-state index >= 15 is 0 Å². The summed E-state index contributed by atoms with van der Waals surface area (Å²) in [5.41, 5.74) is 4.28. The second-order valence-electron chi connectivity index (χ2n) is 5.11. The zero-order valence-electron chi connectivity index (χ0n) is 11.8. The molecule has 0 saturated carbocycles. The Bertz CT molecular complexity index is 720. The first-order valence-electron chi connectivity index (χ1n) is 7.01. The Morgan fingerprint density at radius 2 is 1.57 bits per heavy atom. The molecule has 2 heteroatoms. The molecule has 0 spiro atoms. The maximum atomic E-state index is 13.0. The van der Waals surface area contributed by atoms with Crippen molar-refractivity contribution in [1.29, 1.82) is 0 Å². The van der Waals surface area contributed by atoms with Crippen molar-refractivity contribution < 1.29 is 4.39 Å². The smallest absolute Gasteiger partial charge is 0.123 e. The van der Waals surface area contributed by atoms with Crippen LogP contribution in [0.15, 0.2) is 72.9 Å². The summed E-state index contributed by atoms with van der Waals surface area (Å²) in [6.45, 7) is 2.18. The van der Waals surface area contributed by atoms with E-state index in [0.29, 0.717) is 5.92 Å². The van der Waals surface area contributed by atoms with Gasteiger partial charge in [0.1, 0.15) is 5.82 Å². The van der Waals surface area contributed by atoms with Crippen LogP contribution in [0.25, 0.3) is 11.3 Å². The molecule has 0 aliphatic heterocycles. The summed E-state index contributed by atoms with van der Waals surface area (Å²) in [5, 5.41) is 0. The molecule has 1 aromatic heterocycles. The molecule has 1 nitrogen and oxygen atoms in total. The summed E-state index contributed by atoms with van der Waals surface area (Å²) in [6.07, 6.45) is 1.81. The Morgan fingerprint density at radius 1 is 0.857 bits per heavy atom. The Kier molecular flexibility index (Phi) is 3.78. The molecule has 0 N–H and O–H groups in total. The first-order chi connectivity index (χ1) is 10.2. The SMILES string of the molecule is CC(c1ccccc1)c1ccnc(-c2ccc(F)cc2)c1. The molecule has 2 aromatic carbocycles. The second kappa shape index (κ2) is 5.88. The summed E-state index contributed by atoms with van der Waals surface area (Å²) < 4.78 is 13.0. The van der Waals surface area contributed by atoms with E-state index in [0.717, 1.165) is 11.3 Å². The maximum Gasteiger partial charge on any atom is 0.123 e. The van der Waals surface area contributed by atoms with Gasteiger partial charge in [-0.3, -0.25) is 4.98 Å². The fraction of sp³-hybridized carbons (Fsp3) is 0.105. The number of nitrogens with zero attached hydrogens (tertiary/aromatic N) is 1. The molecular formula is C19H16FN. The number of pyridine rings is 1. The quantitative estimate of drug-likeness (QED) is 0.653. The lowest BCUT2D eigenvalue weighted by Crippen LogP contribution is -1.97. The van der Waals surface area contributed by atoms with E-state index in [9.17, 15) is 4.39 Å². The minimum atomic E-state index is -0.229. The van der Waals surface area contributed by atoms with Crippen molar-refractivity contribution in [3.8, 4) is 11.3 Å². The molecule has 104 valence electrons. The molecule has 1 atom stereocenters. The zero-order valence-corrected chi connectivity index (χ0v) is 11.8. The Labute approximate surface area is 124 Å². The van der Waals surface area contributed by atoms with E-state index in [4.69, 9.17) is 0 Å². The summed E-state index contributed by atoms with van der Waals surface area (Å²) >= 11 is 0. The van der Waals surface area contributed by atoms with Gasteiger partial charge in [0, 0.05) is 17.7 Å². The fourth-order valence-electron chi connectivity index (χ4n) is 2.43. The highest BCUT2D eigenvalue weighted by atomic mass is 19.1. The van der Waals surface area contributed by atoms with Crippen molar-refractivity contribution in [2.75, 3.05) is 0 Å². The lowest BCUT2D eigenvalue weighted by molar-refractivity contribution is 0.628. The highest BCUT2D eigenvalue weighted by Gasteiger charge is 2.09. The summed E-state index contributed by atoms with van der Waals surface area (Å²) in [5.74, 6) is 0.0703. The summed E-state index contributed by atoms with van der Waals surface area (Å²) in [7, 11) is 0. The minimum absolute atomic E-state index is 0.229. The first-order valence-corrected chi connectivity index (χ1v) is 7.01. The Balaban J connectivity index is 1.95. The molecule has 1 heterocycles. The van der Waals surface area contributed by atoms with Crippen molar-refractivity contribution in [1.82, 2.24) is 4.98 Å². The molecule has 21 heavy (non-hydrogen) atoms. The van der Waals surface area contributed by atoms with E-state index in [1.54, 1.807) is 12.1 Å². The monoisotopic (exact) mass is 277 g/mol. The lowest BCUT2D eigenvalue weighted by atomic mass is 9.93. The van der Waals surface area contributed by atoms with E-state index in [1.807, 2.05) is 30.5 Å². The van der Waals surface area contributed by atoms with Crippen LogP contribution in [0.5, 0.6) is 0 Å². The molecule has 0 radical (unpaired) electrons. The van der Waals surface area contributed by atoms with Crippen LogP contribution in [-0.2, 0) is 0 Å². The standard InChI is InChI=1S/C19H16FN/c1-14(15-5-3-2-4-6-15)17-11-12-21-19(13-17)16-7-9-18(20)10-8-16/h2-14H,1H3. The summed E-state index contributed by atoms with van der Waals surface area (Å²) in [4.78, 5) is 4.39. The largest absolute Gasteiger partial charge is 0.256 e. The minimum Gasteiger partial charge on any atom is -0.256 e. The molecular weight excluding hydrogens is 261 g/mol. The predicted octanol–water partition coefficient (Wildman–Crippen LogP) is 5.04. The maximum absolute atomic E-state index is 13.0. The highest BCUT2D eigenvalue weighted by Crippen LogP contribution is 2.26. The average molecular weight is 277 g/mol. The van der Waals surface area contributed by atoms with Crippen molar-refractivity contribution in [2.24, 2.45) is 0 Å². The molecule has 0 amide bonds. The Morgan fingerprint density at radius 3 is 2.29 bits per heavy atom. The topological polar surface area (TPSA) is 12.9 Å². The van der Waals surface area contributed by atoms with Crippen LogP contribution in [0.2, 0.25) is 0 Å². The van der Waals surface area contributed by atoms with Gasteiger partial charge in [0.25, 0.3) is 0 Å². The van der Waals surface area contributed by atoms with Gasteiger partial charge < -0.3 is 0 Å². The van der Waals surface area contributed by atoms with Gasteiger partial charge in [-0.05, 0) is 47.5 Å². The third-order valence-electron chi connectivity index (χ3n) is 3.72. The van der Waals surface area contributed by atoms with Gasteiger partial charge in [0.2, 0.25) is 0 Å². The van der Waals surface area contributed by atoms with Crippen LogP contribution in [-0.4, -0.2) is 4.98 Å². The number of benzene rings is 2. The predicted molar refractivity (Wildman–Crippen MR) is 83.6 cm³/mol. The first kappa shape index (κ1) is 13.5. The molecule has 3 aromatic rings. The van der Waals surface area contributed by atoms with Gasteiger partial charge in [0.05, 0.1) is 5.69 Å². The Hall–Kier alpha value is -2.48. The van der Waals surface area contributed by atoms with Gasteiger partial charge in [-0.15, -0.1) is 0 Å². The van der Waals surface area contributed by atoms with Gasteiger partial charge in [-0.1, -0.05) is 37.3 Å². The molecule has 0 fully saturated rings. The highest BCUT2D eigenvalue weighted by molar-refractivity contribution is 5.60. The van der Waals surface area contributed by atoms with Crippen LogP contribution in [0.4, 0.5) is 4.39 Å². The second-order valence-corrected chi connectivity index (χ2v) is 5.11. The molecule has 0 saturated heterocycles. The van der Waals surface area contributed by atoms with Gasteiger partial charge in [0.15, 0.2) is 0 Å². The van der Waals surface area contributed by atoms with Gasteiger partial charge >= 0.3 is 0 Å². The van der Waals surface area contributed by atoms with Gasteiger partial charge in [-0.2, -0.15) is 0 Å². The van der Waals surface area contributed by atoms with Crippen molar-refractivity contribution in [3.63, 3.8) is 0 Å². The normalized spacial score (nSPS) is 12.1. The number of hydrogen-bond acceptors (Lipinski definition) is 1. The van der Waals surface area contributed by atoms with Crippen molar-refractivity contribution >= 4 is 0 Å². The van der Waals surface area contributed by atoms with E-state index in [1.165, 1.54) is 23.3 Å². The molecule has 0 aliphatic carbocycles. The molecule has 1 unspecified atom stereocenters. The number of halogens is 1. The zero-order chi connectivity index (χ0) is 14.7. The van der Waals surface area contributed by atoms with Crippen LogP contribution < -0.4 is 0 Å². The van der Waals surface area contributed by atoms with Crippen molar-refractivity contribution in [2.45, 2.75) is 12.8 Å². The van der Waals surface area contributed by atoms with Gasteiger partial charge in [-0.25, -0.2) is 4.39 Å². The van der Waals surface area contributed by atoms with Crippen LogP contribution in [0.3, 0.4) is 0 Å². The molecule has 3 rings (SSSR count). The van der Waals surface area contributed by atoms with Crippen LogP contribution in [0.1, 0.15) is 24.0 Å². The fourth-order valence-corrected chi connectivity index (χ4v) is 2.43. The summed E-state index contributed by atoms with van der Waals surface area (Å²) in [6, 6.07) is 20.9. The third kappa shape index (κ3) is 3.00. The van der Waals surface area contributed by atoms with Crippen molar-refractivity contribution in [3.05, 3.63) is 89.9 Å². The number of rotatable bonds is 3. The third-order valence-corrected chi connectivity index (χ3v) is 3.72. The average Bonchev–Trinajstić information content (AvgIpc) is 2.56.